The van der Waals surface area contributed by atoms with Crippen LogP contribution in [0.1, 0.15) is 38.8 Å². The van der Waals surface area contributed by atoms with E-state index in [4.69, 9.17) is 13.9 Å². The quantitative estimate of drug-likeness (QED) is 0.475. The summed E-state index contributed by atoms with van der Waals surface area (Å²) in [4.78, 5) is 13.4. The summed E-state index contributed by atoms with van der Waals surface area (Å²) in [5, 5.41) is 42.4. The largest absolute Gasteiger partial charge is 0.507 e. The number of hydrogen-bond donors (Lipinski definition) is 4. The van der Waals surface area contributed by atoms with Gasteiger partial charge in [-0.25, -0.2) is 0 Å². The van der Waals surface area contributed by atoms with E-state index >= 15 is 0 Å². The highest BCUT2D eigenvalue weighted by Crippen LogP contribution is 2.45. The maximum Gasteiger partial charge on any atom is 0.204 e. The van der Waals surface area contributed by atoms with Crippen LogP contribution in [0, 0.1) is 0 Å². The third kappa shape index (κ3) is 3.32. The number of hydrogen-bond acceptors (Lipinski definition) is 8. The molecule has 0 amide bonds. The summed E-state index contributed by atoms with van der Waals surface area (Å²) in [6, 6.07) is 4.73. The molecule has 0 spiro atoms. The smallest absolute Gasteiger partial charge is 0.204 e. The Balaban J connectivity index is 1.61. The minimum absolute atomic E-state index is 0.0169. The molecule has 8 heteroatoms. The molecule has 2 aromatic carbocycles. The fraction of sp³-hybridized carbons (Fsp3) is 0.400. The monoisotopic (exact) mass is 454 g/mol. The summed E-state index contributed by atoms with van der Waals surface area (Å²) >= 11 is 0. The second-order valence-electron chi connectivity index (χ2n) is 9.92. The normalized spacial score (nSPS) is 19.8. The number of phenols is 2. The number of aromatic hydroxyl groups is 2. The third-order valence-corrected chi connectivity index (χ3v) is 6.53. The first kappa shape index (κ1) is 21.6. The standard InChI is InChI=1S/C25H26O8/c1-24(2,29)18-7-12-15(32-18)6-5-11(21(12)26)14-10-31-17-9-16-13(22(27)20(17)23(14)28)8-19(33-16)25(3,4)30/h5-6,9-10,18-19,26-27,29-30H,7-8H2,1-4H3/t18-,19-/m0/s1. The van der Waals surface area contributed by atoms with Gasteiger partial charge in [0.05, 0.1) is 16.8 Å². The molecule has 0 saturated carbocycles. The molecular weight excluding hydrogens is 428 g/mol. The summed E-state index contributed by atoms with van der Waals surface area (Å²) < 4.78 is 17.2. The van der Waals surface area contributed by atoms with Crippen molar-refractivity contribution in [3.8, 4) is 34.1 Å². The summed E-state index contributed by atoms with van der Waals surface area (Å²) in [6.45, 7) is 6.50. The molecule has 3 heterocycles. The Labute approximate surface area is 189 Å². The van der Waals surface area contributed by atoms with Crippen molar-refractivity contribution >= 4 is 11.0 Å². The third-order valence-electron chi connectivity index (χ3n) is 6.53. The Hall–Kier alpha value is -3.23. The van der Waals surface area contributed by atoms with Gasteiger partial charge in [-0.05, 0) is 39.8 Å². The summed E-state index contributed by atoms with van der Waals surface area (Å²) in [5.41, 5.74) is -1.35. The number of fused-ring (bicyclic) bond motifs is 3. The van der Waals surface area contributed by atoms with Gasteiger partial charge in [-0.2, -0.15) is 0 Å². The van der Waals surface area contributed by atoms with E-state index < -0.39 is 28.8 Å². The summed E-state index contributed by atoms with van der Waals surface area (Å²) in [6.07, 6.45) is 0.658. The maximum absolute atomic E-state index is 13.4. The molecule has 3 aromatic rings. The molecule has 1 aromatic heterocycles. The van der Waals surface area contributed by atoms with Crippen LogP contribution in [0.15, 0.2) is 33.7 Å². The fourth-order valence-electron chi connectivity index (χ4n) is 4.47. The minimum atomic E-state index is -1.14. The van der Waals surface area contributed by atoms with Crippen molar-refractivity contribution in [2.45, 2.75) is 63.9 Å². The molecule has 0 unspecified atom stereocenters. The van der Waals surface area contributed by atoms with Gasteiger partial charge in [0.1, 0.15) is 52.4 Å². The molecule has 0 radical (unpaired) electrons. The second-order valence-corrected chi connectivity index (χ2v) is 9.92. The molecule has 0 fully saturated rings. The number of phenolic OH excluding ortho intramolecular Hbond substituents is 2. The van der Waals surface area contributed by atoms with Crippen molar-refractivity contribution < 1.29 is 34.3 Å². The first-order valence-electron chi connectivity index (χ1n) is 10.8. The number of benzene rings is 2. The predicted octanol–water partition coefficient (Wildman–Crippen LogP) is 3.02. The van der Waals surface area contributed by atoms with E-state index in [9.17, 15) is 25.2 Å². The molecular formula is C25H26O8. The van der Waals surface area contributed by atoms with Crippen LogP contribution in [0.2, 0.25) is 0 Å². The topological polar surface area (TPSA) is 130 Å². The van der Waals surface area contributed by atoms with Gasteiger partial charge < -0.3 is 34.3 Å². The van der Waals surface area contributed by atoms with Gasteiger partial charge in [0, 0.05) is 35.6 Å². The highest BCUT2D eigenvalue weighted by Gasteiger charge is 2.39. The van der Waals surface area contributed by atoms with Gasteiger partial charge in [-0.3, -0.25) is 4.79 Å². The molecule has 33 heavy (non-hydrogen) atoms. The van der Waals surface area contributed by atoms with E-state index in [0.29, 0.717) is 22.6 Å². The molecule has 4 N–H and O–H groups in total. The highest BCUT2D eigenvalue weighted by atomic mass is 16.5. The van der Waals surface area contributed by atoms with Crippen molar-refractivity contribution in [3.05, 3.63) is 45.8 Å². The number of ether oxygens (including phenoxy) is 2. The molecule has 174 valence electrons. The molecule has 0 saturated heterocycles. The van der Waals surface area contributed by atoms with Gasteiger partial charge >= 0.3 is 0 Å². The Morgan fingerprint density at radius 1 is 0.848 bits per heavy atom. The van der Waals surface area contributed by atoms with Crippen LogP contribution in [0.5, 0.6) is 23.0 Å². The highest BCUT2D eigenvalue weighted by molar-refractivity contribution is 5.91. The van der Waals surface area contributed by atoms with Gasteiger partial charge in [-0.15, -0.1) is 0 Å². The number of aliphatic hydroxyl groups is 2. The lowest BCUT2D eigenvalue weighted by molar-refractivity contribution is -0.0231. The maximum atomic E-state index is 13.4. The van der Waals surface area contributed by atoms with Crippen LogP contribution in [-0.2, 0) is 12.8 Å². The van der Waals surface area contributed by atoms with Gasteiger partial charge in [-0.1, -0.05) is 0 Å². The van der Waals surface area contributed by atoms with Crippen molar-refractivity contribution in [2.75, 3.05) is 0 Å². The van der Waals surface area contributed by atoms with Crippen LogP contribution in [0.4, 0.5) is 0 Å². The Morgan fingerprint density at radius 2 is 1.42 bits per heavy atom. The fourth-order valence-corrected chi connectivity index (χ4v) is 4.47. The zero-order valence-corrected chi connectivity index (χ0v) is 18.8. The molecule has 2 aliphatic heterocycles. The van der Waals surface area contributed by atoms with E-state index in [0.717, 1.165) is 0 Å². The van der Waals surface area contributed by atoms with Crippen LogP contribution in [0.25, 0.3) is 22.1 Å². The first-order valence-corrected chi connectivity index (χ1v) is 10.8. The van der Waals surface area contributed by atoms with Crippen molar-refractivity contribution in [1.82, 2.24) is 0 Å². The van der Waals surface area contributed by atoms with Crippen molar-refractivity contribution in [2.24, 2.45) is 0 Å². The molecule has 2 atom stereocenters. The minimum Gasteiger partial charge on any atom is -0.507 e. The second kappa shape index (κ2) is 6.88. The Bertz CT molecular complexity index is 1340. The number of rotatable bonds is 3. The average Bonchev–Trinajstić information content (AvgIpc) is 3.34. The Kier molecular flexibility index (Phi) is 4.51. The van der Waals surface area contributed by atoms with Crippen molar-refractivity contribution in [3.63, 3.8) is 0 Å². The van der Waals surface area contributed by atoms with Crippen LogP contribution in [-0.4, -0.2) is 43.8 Å². The zero-order valence-electron chi connectivity index (χ0n) is 18.8. The van der Waals surface area contributed by atoms with Crippen molar-refractivity contribution in [1.29, 1.82) is 0 Å². The molecule has 5 rings (SSSR count). The van der Waals surface area contributed by atoms with Crippen LogP contribution < -0.4 is 14.9 Å². The zero-order chi connectivity index (χ0) is 23.9. The lowest BCUT2D eigenvalue weighted by atomic mass is 9.94. The van der Waals surface area contributed by atoms with E-state index in [1.165, 1.54) is 12.3 Å². The van der Waals surface area contributed by atoms with Crippen LogP contribution in [0.3, 0.4) is 0 Å². The lowest BCUT2D eigenvalue weighted by Gasteiger charge is -2.24. The SMILES string of the molecule is CC(C)(O)[C@@H]1Cc2c(ccc(-c3coc4cc5c(c(O)c4c3=O)C[C@@H](C(C)(C)O)O5)c2O)O1. The van der Waals surface area contributed by atoms with Crippen LogP contribution >= 0.6 is 0 Å². The summed E-state index contributed by atoms with van der Waals surface area (Å²) in [5.74, 6) is 0.426. The summed E-state index contributed by atoms with van der Waals surface area (Å²) in [7, 11) is 0. The molecule has 2 aliphatic rings. The van der Waals surface area contributed by atoms with E-state index in [-0.39, 0.29) is 46.4 Å². The average molecular weight is 454 g/mol. The van der Waals surface area contributed by atoms with Gasteiger partial charge in [0.15, 0.2) is 0 Å². The van der Waals surface area contributed by atoms with E-state index in [1.54, 1.807) is 39.8 Å². The molecule has 8 nitrogen and oxygen atoms in total. The first-order chi connectivity index (χ1) is 15.4. The van der Waals surface area contributed by atoms with Gasteiger partial charge in [0.25, 0.3) is 0 Å². The van der Waals surface area contributed by atoms with E-state index in [2.05, 4.69) is 0 Å². The van der Waals surface area contributed by atoms with E-state index in [1.807, 2.05) is 0 Å². The predicted molar refractivity (Wildman–Crippen MR) is 120 cm³/mol. The molecule has 0 aliphatic carbocycles. The lowest BCUT2D eigenvalue weighted by Crippen LogP contribution is -2.39. The Morgan fingerprint density at radius 3 is 2.03 bits per heavy atom. The molecule has 0 bridgehead atoms. The van der Waals surface area contributed by atoms with Gasteiger partial charge in [0.2, 0.25) is 5.43 Å².